The van der Waals surface area contributed by atoms with Gasteiger partial charge in [-0.1, -0.05) is 20.8 Å². The highest BCUT2D eigenvalue weighted by molar-refractivity contribution is 7.46. The number of hydrogen-bond donors (Lipinski definition) is 2. The van der Waals surface area contributed by atoms with E-state index in [1.54, 1.807) is 0 Å². The molecule has 0 atom stereocenters. The Morgan fingerprint density at radius 1 is 1.27 bits per heavy atom. The molecule has 0 spiro atoms. The first-order valence-electron chi connectivity index (χ1n) is 4.70. The summed E-state index contributed by atoms with van der Waals surface area (Å²) in [4.78, 5) is 18.1. The maximum Gasteiger partial charge on any atom is 0.470 e. The fourth-order valence-corrected chi connectivity index (χ4v) is 1.01. The molecule has 0 fully saturated rings. The maximum absolute atomic E-state index is 9.71. The van der Waals surface area contributed by atoms with E-state index in [1.165, 1.54) is 25.7 Å². The van der Waals surface area contributed by atoms with Crippen molar-refractivity contribution in [3.05, 3.63) is 0 Å². The van der Waals surface area contributed by atoms with Crippen LogP contribution >= 0.6 is 7.82 Å². The molecule has 0 radical (unpaired) electrons. The highest BCUT2D eigenvalue weighted by atomic mass is 31.2. The summed E-state index contributed by atoms with van der Waals surface area (Å²) in [7, 11) is -4.40. The number of phosphoric acid groups is 1. The van der Waals surface area contributed by atoms with Crippen molar-refractivity contribution >= 4 is 7.82 Å². The zero-order valence-electron chi connectivity index (χ0n) is 9.38. The quantitative estimate of drug-likeness (QED) is 0.693. The summed E-state index contributed by atoms with van der Waals surface area (Å²) in [5.74, 6) is 0. The van der Waals surface area contributed by atoms with E-state index in [0.717, 1.165) is 0 Å². The summed E-state index contributed by atoms with van der Waals surface area (Å²) in [6.07, 6.45) is 0. The minimum atomic E-state index is -4.40. The monoisotopic (exact) mass is 238 g/mol. The van der Waals surface area contributed by atoms with Gasteiger partial charge in [-0.15, -0.1) is 0 Å². The molecule has 0 amide bonds. The fourth-order valence-electron chi connectivity index (χ4n) is 0.784. The first-order chi connectivity index (χ1) is 6.91. The van der Waals surface area contributed by atoms with E-state index >= 15 is 0 Å². The molecule has 0 aromatic carbocycles. The topological polar surface area (TPSA) is 93.8 Å². The van der Waals surface area contributed by atoms with E-state index < -0.39 is 14.4 Å². The maximum atomic E-state index is 9.71. The van der Waals surface area contributed by atoms with Crippen LogP contribution in [0.15, 0.2) is 0 Å². The molecule has 0 unspecified atom stereocenters. The number of rotatable bonds is 5. The van der Waals surface area contributed by atoms with Crippen LogP contribution in [-0.4, -0.2) is 40.9 Å². The van der Waals surface area contributed by atoms with Gasteiger partial charge < -0.3 is 14.7 Å². The Kier molecular flexibility index (Phi) is 11.4. The van der Waals surface area contributed by atoms with E-state index in [4.69, 9.17) is 15.0 Å². The lowest BCUT2D eigenvalue weighted by Gasteiger charge is -2.13. The molecule has 0 saturated heterocycles. The first-order valence-corrected chi connectivity index (χ1v) is 6.23. The fraction of sp³-hybridized carbons (Fsp3) is 0.875. The molecule has 7 heteroatoms. The van der Waals surface area contributed by atoms with Crippen LogP contribution in [0.2, 0.25) is 0 Å². The minimum Gasteiger partial charge on any atom is -0.304 e. The van der Waals surface area contributed by atoms with Crippen molar-refractivity contribution in [3.8, 4) is 6.07 Å². The van der Waals surface area contributed by atoms with Crippen LogP contribution in [0.25, 0.3) is 0 Å². The molecule has 0 bridgehead atoms. The van der Waals surface area contributed by atoms with E-state index in [-0.39, 0.29) is 0 Å². The Bertz CT molecular complexity index is 214. The number of phosphoric ester groups is 1. The van der Waals surface area contributed by atoms with Crippen molar-refractivity contribution < 1.29 is 18.9 Å². The van der Waals surface area contributed by atoms with Crippen LogP contribution in [0.3, 0.4) is 0 Å². The number of hydrogen-bond acceptors (Lipinski definition) is 4. The van der Waals surface area contributed by atoms with Crippen LogP contribution in [0.1, 0.15) is 20.8 Å². The van der Waals surface area contributed by atoms with Gasteiger partial charge in [0.05, 0.1) is 6.07 Å². The van der Waals surface area contributed by atoms with Gasteiger partial charge in [0, 0.05) is 0 Å². The number of nitriles is 1. The minimum absolute atomic E-state index is 0.579. The van der Waals surface area contributed by atoms with Gasteiger partial charge in [-0.05, 0) is 19.6 Å². The van der Waals surface area contributed by atoms with E-state index in [2.05, 4.69) is 30.2 Å². The number of nitrogens with zero attached hydrogens (tertiary/aromatic N) is 2. The van der Waals surface area contributed by atoms with Gasteiger partial charge in [0.15, 0.2) is 0 Å². The molecule has 0 aliphatic carbocycles. The van der Waals surface area contributed by atoms with Crippen molar-refractivity contribution in [3.63, 3.8) is 0 Å². The summed E-state index contributed by atoms with van der Waals surface area (Å²) in [6, 6.07) is 1.41. The molecular weight excluding hydrogens is 219 g/mol. The lowest BCUT2D eigenvalue weighted by atomic mass is 10.5. The second-order valence-electron chi connectivity index (χ2n) is 2.54. The lowest BCUT2D eigenvalue weighted by Crippen LogP contribution is -2.21. The van der Waals surface area contributed by atoms with Crippen LogP contribution < -0.4 is 0 Å². The van der Waals surface area contributed by atoms with Crippen molar-refractivity contribution in [2.24, 2.45) is 0 Å². The van der Waals surface area contributed by atoms with Crippen molar-refractivity contribution in [2.45, 2.75) is 20.8 Å². The molecule has 0 aromatic heterocycles. The smallest absolute Gasteiger partial charge is 0.304 e. The zero-order valence-corrected chi connectivity index (χ0v) is 10.3. The molecule has 15 heavy (non-hydrogen) atoms. The van der Waals surface area contributed by atoms with E-state index in [0.29, 0.717) is 0 Å². The third-order valence-corrected chi connectivity index (χ3v) is 2.10. The Labute approximate surface area is 90.7 Å². The van der Waals surface area contributed by atoms with Crippen LogP contribution in [-0.2, 0) is 9.09 Å². The molecule has 0 saturated carbocycles. The molecular formula is C8H19N2O4P. The summed E-state index contributed by atoms with van der Waals surface area (Å²) >= 11 is 0. The summed E-state index contributed by atoms with van der Waals surface area (Å²) in [5.41, 5.74) is 0. The van der Waals surface area contributed by atoms with Gasteiger partial charge in [0.2, 0.25) is 0 Å². The molecule has 2 N–H and O–H groups in total. The summed E-state index contributed by atoms with van der Waals surface area (Å²) < 4.78 is 13.4. The van der Waals surface area contributed by atoms with Crippen LogP contribution in [0.5, 0.6) is 0 Å². The van der Waals surface area contributed by atoms with Crippen LogP contribution in [0.4, 0.5) is 0 Å². The molecule has 0 aromatic rings. The summed E-state index contributed by atoms with van der Waals surface area (Å²) in [5, 5.41) is 7.71. The van der Waals surface area contributed by atoms with Crippen molar-refractivity contribution in [1.29, 1.82) is 5.26 Å². The molecule has 0 aliphatic heterocycles. The van der Waals surface area contributed by atoms with Crippen molar-refractivity contribution in [2.75, 3.05) is 26.2 Å². The predicted octanol–water partition coefficient (Wildman–Crippen LogP) is 0.967. The van der Waals surface area contributed by atoms with E-state index in [1.807, 2.05) is 0 Å². The molecule has 0 heterocycles. The second-order valence-corrected chi connectivity index (χ2v) is 3.78. The Morgan fingerprint density at radius 2 is 1.67 bits per heavy atom. The normalized spacial score (nSPS) is 10.5. The van der Waals surface area contributed by atoms with Gasteiger partial charge in [0.25, 0.3) is 0 Å². The highest BCUT2D eigenvalue weighted by Crippen LogP contribution is 2.34. The largest absolute Gasteiger partial charge is 0.470 e. The first kappa shape index (κ1) is 17.0. The average molecular weight is 238 g/mol. The van der Waals surface area contributed by atoms with Crippen molar-refractivity contribution in [1.82, 2.24) is 4.90 Å². The Morgan fingerprint density at radius 3 is 1.73 bits per heavy atom. The average Bonchev–Trinajstić information content (AvgIpc) is 2.17. The zero-order chi connectivity index (χ0) is 12.3. The molecule has 6 nitrogen and oxygen atoms in total. The van der Waals surface area contributed by atoms with E-state index in [9.17, 15) is 4.57 Å². The third kappa shape index (κ3) is 16.2. The molecule has 0 aliphatic rings. The Hall–Kier alpha value is -0.440. The third-order valence-electron chi connectivity index (χ3n) is 1.64. The van der Waals surface area contributed by atoms with Gasteiger partial charge in [0.1, 0.15) is 6.61 Å². The molecule has 90 valence electrons. The second kappa shape index (κ2) is 10.1. The van der Waals surface area contributed by atoms with Gasteiger partial charge in [-0.2, -0.15) is 5.26 Å². The highest BCUT2D eigenvalue weighted by Gasteiger charge is 2.11. The molecule has 0 rings (SSSR count). The lowest BCUT2D eigenvalue weighted by molar-refractivity contribution is 0.218. The van der Waals surface area contributed by atoms with Gasteiger partial charge >= 0.3 is 7.82 Å². The summed E-state index contributed by atoms with van der Waals surface area (Å²) in [6.45, 7) is 9.55. The standard InChI is InChI=1S/C6H15N.C2H4NO4P/c1-4-7(5-2)6-3;3-1-2-7-8(4,5)6/h4-6H2,1-3H3;2H2,(H2,4,5,6). The SMILES string of the molecule is CCN(CC)CC.N#CCOP(=O)(O)O. The van der Waals surface area contributed by atoms with Gasteiger partial charge in [-0.25, -0.2) is 4.57 Å². The Balaban J connectivity index is 0. The van der Waals surface area contributed by atoms with Crippen LogP contribution in [0, 0.1) is 11.3 Å². The predicted molar refractivity (Wildman–Crippen MR) is 57.1 cm³/mol. The van der Waals surface area contributed by atoms with Gasteiger partial charge in [-0.3, -0.25) is 4.52 Å².